The number of rotatable bonds is 10. The number of hydrogen-bond donors (Lipinski definition) is 1. The van der Waals surface area contributed by atoms with Gasteiger partial charge in [-0.05, 0) is 55.7 Å². The largest absolute Gasteiger partial charge is 0.497 e. The fourth-order valence-electron chi connectivity index (χ4n) is 4.30. The van der Waals surface area contributed by atoms with Gasteiger partial charge in [-0.25, -0.2) is 0 Å². The summed E-state index contributed by atoms with van der Waals surface area (Å²) in [6.45, 7) is 6.48. The quantitative estimate of drug-likeness (QED) is 0.531. The predicted octanol–water partition coefficient (Wildman–Crippen LogP) is 3.15. The molecule has 8 nitrogen and oxygen atoms in total. The van der Waals surface area contributed by atoms with E-state index < -0.39 is 0 Å². The Hall–Kier alpha value is -2.26. The molecule has 0 unspecified atom stereocenters. The normalized spacial score (nSPS) is 19.1. The first-order valence-electron chi connectivity index (χ1n) is 11.9. The third-order valence-electron chi connectivity index (χ3n) is 6.40. The summed E-state index contributed by atoms with van der Waals surface area (Å²) < 4.78 is 13.2. The number of nitrogens with zero attached hydrogens (tertiary/aromatic N) is 4. The number of thioether (sulfide) groups is 1. The zero-order chi connectivity index (χ0) is 23.0. The lowest BCUT2D eigenvalue weighted by atomic mass is 10.00. The Labute approximate surface area is 200 Å². The minimum Gasteiger partial charge on any atom is -0.497 e. The first-order chi connectivity index (χ1) is 16.1. The third-order valence-corrected chi connectivity index (χ3v) is 7.37. The molecule has 2 fully saturated rings. The average Bonchev–Trinajstić information content (AvgIpc) is 3.49. The van der Waals surface area contributed by atoms with Gasteiger partial charge in [-0.2, -0.15) is 0 Å². The molecular formula is C24H35N5O3S. The molecule has 2 aliphatic rings. The Morgan fingerprint density at radius 1 is 1.21 bits per heavy atom. The molecule has 0 saturated carbocycles. The highest BCUT2D eigenvalue weighted by Gasteiger charge is 2.26. The summed E-state index contributed by atoms with van der Waals surface area (Å²) in [4.78, 5) is 14.8. The predicted molar refractivity (Wildman–Crippen MR) is 130 cm³/mol. The number of aromatic nitrogens is 3. The van der Waals surface area contributed by atoms with Crippen LogP contribution < -0.4 is 15.0 Å². The van der Waals surface area contributed by atoms with Crippen molar-refractivity contribution in [3.63, 3.8) is 0 Å². The number of methoxy groups -OCH3 is 1. The minimum absolute atomic E-state index is 0.00789. The molecule has 180 valence electrons. The van der Waals surface area contributed by atoms with Crippen LogP contribution in [-0.4, -0.2) is 65.9 Å². The maximum Gasteiger partial charge on any atom is 0.230 e. The van der Waals surface area contributed by atoms with E-state index >= 15 is 0 Å². The third kappa shape index (κ3) is 6.63. The fourth-order valence-corrected chi connectivity index (χ4v) is 5.07. The van der Waals surface area contributed by atoms with E-state index in [1.807, 2.05) is 24.3 Å². The van der Waals surface area contributed by atoms with E-state index in [0.29, 0.717) is 12.3 Å². The van der Waals surface area contributed by atoms with Gasteiger partial charge in [0, 0.05) is 26.2 Å². The number of anilines is 1. The number of hydrogen-bond acceptors (Lipinski definition) is 7. The monoisotopic (exact) mass is 473 g/mol. The van der Waals surface area contributed by atoms with Crippen LogP contribution in [0.1, 0.15) is 38.2 Å². The highest BCUT2D eigenvalue weighted by molar-refractivity contribution is 7.99. The summed E-state index contributed by atoms with van der Waals surface area (Å²) in [7, 11) is 1.66. The zero-order valence-electron chi connectivity index (χ0n) is 19.7. The number of amides is 1. The van der Waals surface area contributed by atoms with Crippen molar-refractivity contribution in [2.45, 2.75) is 56.8 Å². The summed E-state index contributed by atoms with van der Waals surface area (Å²) in [6, 6.07) is 7.93. The summed E-state index contributed by atoms with van der Waals surface area (Å²) in [5, 5.41) is 12.8. The highest BCUT2D eigenvalue weighted by Crippen LogP contribution is 2.28. The molecule has 1 N–H and O–H groups in total. The van der Waals surface area contributed by atoms with Crippen LogP contribution in [0.4, 0.5) is 5.95 Å². The molecule has 3 heterocycles. The van der Waals surface area contributed by atoms with Gasteiger partial charge >= 0.3 is 0 Å². The fraction of sp³-hybridized carbons (Fsp3) is 0.625. The molecular weight excluding hydrogens is 438 g/mol. The molecule has 1 atom stereocenters. The number of carbonyl (C=O) groups excluding carboxylic acids is 1. The lowest BCUT2D eigenvalue weighted by molar-refractivity contribution is -0.118. The molecule has 0 spiro atoms. The molecule has 0 aliphatic carbocycles. The van der Waals surface area contributed by atoms with Crippen molar-refractivity contribution in [1.82, 2.24) is 20.1 Å². The van der Waals surface area contributed by atoms with Crippen LogP contribution in [0.3, 0.4) is 0 Å². The molecule has 2 saturated heterocycles. The van der Waals surface area contributed by atoms with Gasteiger partial charge in [0.15, 0.2) is 5.16 Å². The zero-order valence-corrected chi connectivity index (χ0v) is 20.5. The Morgan fingerprint density at radius 2 is 2.00 bits per heavy atom. The van der Waals surface area contributed by atoms with E-state index in [1.165, 1.54) is 30.2 Å². The first kappa shape index (κ1) is 23.9. The van der Waals surface area contributed by atoms with E-state index in [4.69, 9.17) is 9.47 Å². The van der Waals surface area contributed by atoms with Crippen molar-refractivity contribution < 1.29 is 14.3 Å². The average molecular weight is 474 g/mol. The SMILES string of the molecule is COc1ccc(CCNC(=O)CSc2nnc(N3CCC(C)CC3)n2C[C@H]2CCCO2)cc1. The Kier molecular flexibility index (Phi) is 8.50. The smallest absolute Gasteiger partial charge is 0.230 e. The number of nitrogens with one attached hydrogen (secondary N) is 1. The van der Waals surface area contributed by atoms with Gasteiger partial charge in [-0.1, -0.05) is 30.8 Å². The topological polar surface area (TPSA) is 81.5 Å². The molecule has 0 radical (unpaired) electrons. The van der Waals surface area contributed by atoms with Crippen molar-refractivity contribution in [2.24, 2.45) is 5.92 Å². The van der Waals surface area contributed by atoms with Crippen LogP contribution in [0.25, 0.3) is 0 Å². The van der Waals surface area contributed by atoms with Crippen LogP contribution in [-0.2, 0) is 22.5 Å². The van der Waals surface area contributed by atoms with Gasteiger partial charge < -0.3 is 19.7 Å². The number of piperidine rings is 1. The molecule has 0 bridgehead atoms. The van der Waals surface area contributed by atoms with Crippen molar-refractivity contribution in [1.29, 1.82) is 0 Å². The number of ether oxygens (including phenoxy) is 2. The lowest BCUT2D eigenvalue weighted by Gasteiger charge is -2.31. The summed E-state index contributed by atoms with van der Waals surface area (Å²) in [6.07, 6.45) is 5.49. The molecule has 2 aromatic rings. The Morgan fingerprint density at radius 3 is 2.70 bits per heavy atom. The molecule has 1 aromatic heterocycles. The molecule has 33 heavy (non-hydrogen) atoms. The number of carbonyl (C=O) groups is 1. The molecule has 1 aromatic carbocycles. The molecule has 2 aliphatic heterocycles. The van der Waals surface area contributed by atoms with Gasteiger partial charge in [0.25, 0.3) is 0 Å². The molecule has 4 rings (SSSR count). The highest BCUT2D eigenvalue weighted by atomic mass is 32.2. The van der Waals surface area contributed by atoms with Gasteiger partial charge in [-0.15, -0.1) is 10.2 Å². The maximum absolute atomic E-state index is 12.5. The standard InChI is InChI=1S/C24H35N5O3S/c1-18-10-13-28(14-11-18)23-26-27-24(29(23)16-21-4-3-15-32-21)33-17-22(30)25-12-9-19-5-7-20(31-2)8-6-19/h5-8,18,21H,3-4,9-17H2,1-2H3,(H,25,30)/t21-/m1/s1. The van der Waals surface area contributed by atoms with Crippen molar-refractivity contribution in [3.8, 4) is 5.75 Å². The van der Waals surface area contributed by atoms with Gasteiger partial charge in [-0.3, -0.25) is 9.36 Å². The second kappa shape index (κ2) is 11.7. The maximum atomic E-state index is 12.5. The van der Waals surface area contributed by atoms with E-state index in [2.05, 4.69) is 31.9 Å². The van der Waals surface area contributed by atoms with E-state index in [1.54, 1.807) is 7.11 Å². The van der Waals surface area contributed by atoms with Crippen molar-refractivity contribution in [3.05, 3.63) is 29.8 Å². The second-order valence-electron chi connectivity index (χ2n) is 8.93. The van der Waals surface area contributed by atoms with Gasteiger partial charge in [0.05, 0.1) is 25.5 Å². The lowest BCUT2D eigenvalue weighted by Crippen LogP contribution is -2.35. The minimum atomic E-state index is 0.00789. The number of benzene rings is 1. The summed E-state index contributed by atoms with van der Waals surface area (Å²) in [5.74, 6) is 2.84. The molecule has 9 heteroatoms. The van der Waals surface area contributed by atoms with Crippen LogP contribution in [0, 0.1) is 5.92 Å². The van der Waals surface area contributed by atoms with Crippen LogP contribution in [0.2, 0.25) is 0 Å². The van der Waals surface area contributed by atoms with Crippen molar-refractivity contribution in [2.75, 3.05) is 44.0 Å². The van der Waals surface area contributed by atoms with E-state index in [0.717, 1.165) is 68.3 Å². The Bertz CT molecular complexity index is 890. The van der Waals surface area contributed by atoms with E-state index in [9.17, 15) is 4.79 Å². The summed E-state index contributed by atoms with van der Waals surface area (Å²) in [5.41, 5.74) is 1.17. The van der Waals surface area contributed by atoms with E-state index in [-0.39, 0.29) is 12.0 Å². The summed E-state index contributed by atoms with van der Waals surface area (Å²) >= 11 is 1.45. The molecule has 1 amide bonds. The van der Waals surface area contributed by atoms with Crippen LogP contribution >= 0.6 is 11.8 Å². The second-order valence-corrected chi connectivity index (χ2v) is 9.88. The van der Waals surface area contributed by atoms with Crippen molar-refractivity contribution >= 4 is 23.6 Å². The first-order valence-corrected chi connectivity index (χ1v) is 12.9. The van der Waals surface area contributed by atoms with Crippen LogP contribution in [0.5, 0.6) is 5.75 Å². The van der Waals surface area contributed by atoms with Gasteiger partial charge in [0.2, 0.25) is 11.9 Å². The Balaban J connectivity index is 1.31. The van der Waals surface area contributed by atoms with Gasteiger partial charge in [0.1, 0.15) is 5.75 Å². The van der Waals surface area contributed by atoms with Crippen LogP contribution in [0.15, 0.2) is 29.4 Å².